The van der Waals surface area contributed by atoms with Gasteiger partial charge in [-0.15, -0.1) is 11.3 Å². The summed E-state index contributed by atoms with van der Waals surface area (Å²) in [4.78, 5) is 16.7. The van der Waals surface area contributed by atoms with Gasteiger partial charge in [-0.2, -0.15) is 5.10 Å². The second kappa shape index (κ2) is 5.36. The molecule has 1 amide bonds. The number of amides is 1. The van der Waals surface area contributed by atoms with Gasteiger partial charge >= 0.3 is 0 Å². The van der Waals surface area contributed by atoms with E-state index in [1.807, 2.05) is 19.2 Å². The molecule has 0 atom stereocenters. The SMILES string of the molecule is CCn1nc(C)cc1C(=O)Nc1nc(C(C)(C)C)cs1. The van der Waals surface area contributed by atoms with Gasteiger partial charge in [0.15, 0.2) is 5.13 Å². The summed E-state index contributed by atoms with van der Waals surface area (Å²) in [5.41, 5.74) is 2.38. The number of aryl methyl sites for hydroxylation is 2. The zero-order valence-corrected chi connectivity index (χ0v) is 13.3. The highest BCUT2D eigenvalue weighted by Gasteiger charge is 2.19. The van der Waals surface area contributed by atoms with Crippen LogP contribution < -0.4 is 5.32 Å². The lowest BCUT2D eigenvalue weighted by Gasteiger charge is -2.14. The van der Waals surface area contributed by atoms with E-state index in [1.54, 1.807) is 10.7 Å². The van der Waals surface area contributed by atoms with Crippen molar-refractivity contribution in [3.8, 4) is 0 Å². The number of nitrogens with one attached hydrogen (secondary N) is 1. The molecule has 0 aliphatic rings. The van der Waals surface area contributed by atoms with Crippen molar-refractivity contribution >= 4 is 22.4 Å². The number of hydrogen-bond donors (Lipinski definition) is 1. The minimum absolute atomic E-state index is 0.0126. The van der Waals surface area contributed by atoms with Crippen molar-refractivity contribution in [1.82, 2.24) is 14.8 Å². The summed E-state index contributed by atoms with van der Waals surface area (Å²) in [6.07, 6.45) is 0. The Morgan fingerprint density at radius 1 is 1.45 bits per heavy atom. The first-order chi connectivity index (χ1) is 9.31. The molecule has 0 fully saturated rings. The van der Waals surface area contributed by atoms with Crippen molar-refractivity contribution in [2.24, 2.45) is 0 Å². The number of carbonyl (C=O) groups excluding carboxylic acids is 1. The summed E-state index contributed by atoms with van der Waals surface area (Å²) in [6.45, 7) is 10.8. The van der Waals surface area contributed by atoms with E-state index in [2.05, 4.69) is 36.2 Å². The van der Waals surface area contributed by atoms with Gasteiger partial charge in [0.25, 0.3) is 5.91 Å². The highest BCUT2D eigenvalue weighted by atomic mass is 32.1. The van der Waals surface area contributed by atoms with Gasteiger partial charge in [0, 0.05) is 17.3 Å². The van der Waals surface area contributed by atoms with Crippen molar-refractivity contribution in [3.63, 3.8) is 0 Å². The summed E-state index contributed by atoms with van der Waals surface area (Å²) in [7, 11) is 0. The van der Waals surface area contributed by atoms with Crippen LogP contribution in [-0.4, -0.2) is 20.7 Å². The summed E-state index contributed by atoms with van der Waals surface area (Å²) < 4.78 is 1.70. The van der Waals surface area contributed by atoms with E-state index < -0.39 is 0 Å². The van der Waals surface area contributed by atoms with Gasteiger partial charge in [-0.05, 0) is 19.9 Å². The van der Waals surface area contributed by atoms with E-state index in [-0.39, 0.29) is 11.3 Å². The van der Waals surface area contributed by atoms with Crippen molar-refractivity contribution in [3.05, 3.63) is 28.5 Å². The van der Waals surface area contributed by atoms with Crippen molar-refractivity contribution < 1.29 is 4.79 Å². The predicted octanol–water partition coefficient (Wildman–Crippen LogP) is 3.22. The number of carbonyl (C=O) groups is 1. The Labute approximate surface area is 123 Å². The van der Waals surface area contributed by atoms with Crippen molar-refractivity contribution in [1.29, 1.82) is 0 Å². The second-order valence-electron chi connectivity index (χ2n) is 5.73. The van der Waals surface area contributed by atoms with Crippen LogP contribution in [-0.2, 0) is 12.0 Å². The second-order valence-corrected chi connectivity index (χ2v) is 6.59. The molecule has 6 heteroatoms. The minimum Gasteiger partial charge on any atom is -0.296 e. The monoisotopic (exact) mass is 292 g/mol. The molecule has 2 aromatic heterocycles. The Hall–Kier alpha value is -1.69. The Bertz CT molecular complexity index is 621. The highest BCUT2D eigenvalue weighted by molar-refractivity contribution is 7.14. The normalized spacial score (nSPS) is 11.7. The maximum absolute atomic E-state index is 12.3. The Kier molecular flexibility index (Phi) is 3.94. The van der Waals surface area contributed by atoms with E-state index in [9.17, 15) is 4.79 Å². The largest absolute Gasteiger partial charge is 0.296 e. The fourth-order valence-electron chi connectivity index (χ4n) is 1.81. The average Bonchev–Trinajstić information content (AvgIpc) is 2.94. The van der Waals surface area contributed by atoms with Crippen LogP contribution in [0.4, 0.5) is 5.13 Å². The van der Waals surface area contributed by atoms with E-state index in [0.29, 0.717) is 17.4 Å². The fourth-order valence-corrected chi connectivity index (χ4v) is 2.74. The number of anilines is 1. The molecule has 2 aromatic rings. The molecular weight excluding hydrogens is 272 g/mol. The standard InChI is InChI=1S/C14H20N4OS/c1-6-18-10(7-9(2)17-18)12(19)16-13-15-11(8-20-13)14(3,4)5/h7-8H,6H2,1-5H3,(H,15,16,19). The first-order valence-corrected chi connectivity index (χ1v) is 7.51. The maximum Gasteiger partial charge on any atom is 0.275 e. The number of rotatable bonds is 3. The summed E-state index contributed by atoms with van der Waals surface area (Å²) in [5.74, 6) is -0.165. The molecule has 0 aliphatic heterocycles. The molecule has 2 rings (SSSR count). The molecular formula is C14H20N4OS. The van der Waals surface area contributed by atoms with Crippen molar-refractivity contribution in [2.45, 2.75) is 46.6 Å². The zero-order valence-electron chi connectivity index (χ0n) is 12.5. The van der Waals surface area contributed by atoms with E-state index in [0.717, 1.165) is 11.4 Å². The Morgan fingerprint density at radius 3 is 2.70 bits per heavy atom. The van der Waals surface area contributed by atoms with E-state index in [4.69, 9.17) is 0 Å². The molecule has 0 radical (unpaired) electrons. The maximum atomic E-state index is 12.3. The zero-order chi connectivity index (χ0) is 14.9. The van der Waals surface area contributed by atoms with Crippen LogP contribution in [0.1, 0.15) is 49.6 Å². The first kappa shape index (κ1) is 14.7. The third kappa shape index (κ3) is 3.07. The Morgan fingerprint density at radius 2 is 2.15 bits per heavy atom. The first-order valence-electron chi connectivity index (χ1n) is 6.63. The van der Waals surface area contributed by atoms with Crippen LogP contribution in [0.3, 0.4) is 0 Å². The van der Waals surface area contributed by atoms with Gasteiger partial charge in [-0.3, -0.25) is 14.8 Å². The smallest absolute Gasteiger partial charge is 0.275 e. The third-order valence-corrected chi connectivity index (χ3v) is 3.69. The van der Waals surface area contributed by atoms with Crippen LogP contribution >= 0.6 is 11.3 Å². The topological polar surface area (TPSA) is 59.8 Å². The lowest BCUT2D eigenvalue weighted by atomic mass is 9.93. The van der Waals surface area contributed by atoms with Gasteiger partial charge in [0.1, 0.15) is 5.69 Å². The molecule has 20 heavy (non-hydrogen) atoms. The number of hydrogen-bond acceptors (Lipinski definition) is 4. The van der Waals surface area contributed by atoms with Crippen LogP contribution in [0.15, 0.2) is 11.4 Å². The Balaban J connectivity index is 2.17. The number of aromatic nitrogens is 3. The van der Waals surface area contributed by atoms with Crippen LogP contribution in [0.5, 0.6) is 0 Å². The predicted molar refractivity (Wildman–Crippen MR) is 81.4 cm³/mol. The summed E-state index contributed by atoms with van der Waals surface area (Å²) >= 11 is 1.45. The van der Waals surface area contributed by atoms with Crippen LogP contribution in [0, 0.1) is 6.92 Å². The molecule has 108 valence electrons. The molecule has 0 aliphatic carbocycles. The van der Waals surface area contributed by atoms with Gasteiger partial charge in [-0.1, -0.05) is 20.8 Å². The third-order valence-electron chi connectivity index (χ3n) is 2.93. The average molecular weight is 292 g/mol. The molecule has 1 N–H and O–H groups in total. The number of nitrogens with zero attached hydrogens (tertiary/aromatic N) is 3. The van der Waals surface area contributed by atoms with Gasteiger partial charge in [0.2, 0.25) is 0 Å². The van der Waals surface area contributed by atoms with Gasteiger partial charge < -0.3 is 0 Å². The van der Waals surface area contributed by atoms with Crippen molar-refractivity contribution in [2.75, 3.05) is 5.32 Å². The molecule has 2 heterocycles. The van der Waals surface area contributed by atoms with E-state index >= 15 is 0 Å². The lowest BCUT2D eigenvalue weighted by molar-refractivity contribution is 0.101. The molecule has 0 unspecified atom stereocenters. The van der Waals surface area contributed by atoms with E-state index in [1.165, 1.54) is 11.3 Å². The quantitative estimate of drug-likeness (QED) is 0.945. The molecule has 5 nitrogen and oxygen atoms in total. The summed E-state index contributed by atoms with van der Waals surface area (Å²) in [5, 5.41) is 9.73. The fraction of sp³-hybridized carbons (Fsp3) is 0.500. The number of thiazole rings is 1. The van der Waals surface area contributed by atoms with Gasteiger partial charge in [-0.25, -0.2) is 4.98 Å². The highest BCUT2D eigenvalue weighted by Crippen LogP contribution is 2.26. The van der Waals surface area contributed by atoms with Crippen LogP contribution in [0.2, 0.25) is 0 Å². The van der Waals surface area contributed by atoms with Crippen LogP contribution in [0.25, 0.3) is 0 Å². The molecule has 0 saturated heterocycles. The molecule has 0 aromatic carbocycles. The van der Waals surface area contributed by atoms with Gasteiger partial charge in [0.05, 0.1) is 11.4 Å². The molecule has 0 spiro atoms. The molecule has 0 saturated carbocycles. The summed E-state index contributed by atoms with van der Waals surface area (Å²) in [6, 6.07) is 1.79. The lowest BCUT2D eigenvalue weighted by Crippen LogP contribution is -2.18. The minimum atomic E-state index is -0.165. The molecule has 0 bridgehead atoms.